The molecule has 0 spiro atoms. The summed E-state index contributed by atoms with van der Waals surface area (Å²) >= 11 is 25.7. The molecule has 0 saturated carbocycles. The molecule has 1 aliphatic heterocycles. The largest absolute Gasteiger partial charge is 0.444 e. The molecule has 3 heterocycles. The van der Waals surface area contributed by atoms with Crippen molar-refractivity contribution in [3.05, 3.63) is 294 Å². The summed E-state index contributed by atoms with van der Waals surface area (Å²) in [5.74, 6) is -5.48. The SMILES string of the molecule is CC(C)(C)OC(=O)N[C@H](C(=O)NCCCCNS(=O)(=O)c1ccc(F)cc1Cl)c1ccccc1.NCCCCN.NCCCCNS(=O)(=O)c1ccc(F)cc1Cl.N[C@H](C(=O)NCCCCNS(=O)(=O)c1ccc(F)cc1Cl)c1ccccc1.O=C(N[C@H](C(=O)NCCCCNS(=O)(=O)c1ccc(F)cc1Cl)c1ccccc1)c1cc2ccccc2s1.O=C(ON1C(=O)CCC1=O)c1cc2ccccc2s1. The zero-order valence-corrected chi connectivity index (χ0v) is 84.7. The number of unbranched alkanes of at least 4 members (excludes halogenated alkanes) is 5. The van der Waals surface area contributed by atoms with Crippen LogP contribution in [0.25, 0.3) is 20.2 Å². The fourth-order valence-electron chi connectivity index (χ4n) is 12.5. The van der Waals surface area contributed by atoms with E-state index in [0.29, 0.717) is 84.0 Å². The monoisotopic (exact) mass is 2140 g/mol. The third-order valence-corrected chi connectivity index (χ3v) is 29.5. The van der Waals surface area contributed by atoms with Gasteiger partial charge in [0.15, 0.2) is 0 Å². The van der Waals surface area contributed by atoms with Crippen LogP contribution >= 0.6 is 69.1 Å². The number of benzene rings is 9. The number of ether oxygens (including phenoxy) is 1. The summed E-state index contributed by atoms with van der Waals surface area (Å²) in [5, 5.41) is 15.5. The van der Waals surface area contributed by atoms with Crippen LogP contribution in [-0.4, -0.2) is 157 Å². The van der Waals surface area contributed by atoms with E-state index in [1.54, 1.807) is 99.6 Å². The van der Waals surface area contributed by atoms with Gasteiger partial charge in [-0.1, -0.05) is 174 Å². The number of imide groups is 1. The number of nitrogens with two attached hydrogens (primary N) is 4. The summed E-state index contributed by atoms with van der Waals surface area (Å²) < 4.78 is 166. The fourth-order valence-corrected chi connectivity index (χ4v) is 20.8. The van der Waals surface area contributed by atoms with Gasteiger partial charge in [0.05, 0.1) is 25.0 Å². The summed E-state index contributed by atoms with van der Waals surface area (Å²) in [6.07, 6.45) is 5.86. The van der Waals surface area contributed by atoms with E-state index in [2.05, 4.69) is 45.5 Å². The van der Waals surface area contributed by atoms with Gasteiger partial charge in [-0.25, -0.2) is 79.7 Å². The normalized spacial score (nSPS) is 12.6. The molecule has 760 valence electrons. The first-order chi connectivity index (χ1) is 67.0. The number of fused-ring (bicyclic) bond motifs is 2. The van der Waals surface area contributed by atoms with Crippen LogP contribution < -0.4 is 68.4 Å². The molecular formula is C95H110Cl4F4N14O18S6. The first-order valence-electron chi connectivity index (χ1n) is 44.0. The quantitative estimate of drug-likeness (QED) is 0.00961. The topological polar surface area (TPSA) is 507 Å². The number of sulfonamides is 4. The van der Waals surface area contributed by atoms with Gasteiger partial charge >= 0.3 is 12.1 Å². The maximum Gasteiger partial charge on any atom is 0.408 e. The molecule has 0 unspecified atom stereocenters. The van der Waals surface area contributed by atoms with Gasteiger partial charge in [0.2, 0.25) is 57.8 Å². The van der Waals surface area contributed by atoms with Crippen LogP contribution in [0.3, 0.4) is 0 Å². The van der Waals surface area contributed by atoms with Crippen LogP contribution in [0.1, 0.15) is 152 Å². The standard InChI is InChI=1S/C27H25ClFN3O4S2.C23H29ClFN3O5S.C18H21ClFN3O3S.C13H9NO4S.C10H14ClFN2O2S.C4H12N2/c28-21-17-20(29)12-13-24(21)38(35,36)31-15-7-6-14-30-27(34)25(18-8-2-1-3-9-18)32-26(33)23-16-19-10-4-5-11-22(19)37-23;1-23(2,3)33-22(30)28-20(16-9-5-4-6-10-16)21(29)26-13-7-8-14-27-34(31,32)19-12-11-17(25)15-18(19)24;19-15-12-14(20)8-9-16(15)27(25,26)23-11-5-4-10-22-18(24)17(21)13-6-2-1-3-7-13;15-11-5-6-12(16)14(11)18-13(17)10-7-8-3-1-2-4-9(8)19-10;11-9-7-8(12)3-4-10(9)17(15,16)14-6-2-1-5-13;5-3-1-2-4-6/h1-5,8-13,16-17,25,31H,6-7,14-15H2,(H,30,34)(H,32,33);4-6,9-12,15,20,27H,7-8,13-14H2,1-3H3,(H,26,29)(H,28,30);1-3,6-9,12,17,23H,4-5,10-11,21H2,(H,22,24);1-4,7H,5-6H2;3-4,7,14H,1-2,5-6,13H2;1-6H2/t25-;20-;17-;;;/m000.../s1. The molecular weight excluding hydrogens is 2040 g/mol. The minimum absolute atomic E-state index is 0.0958. The van der Waals surface area contributed by atoms with Crippen molar-refractivity contribution in [3.63, 3.8) is 0 Å². The summed E-state index contributed by atoms with van der Waals surface area (Å²) in [6.45, 7) is 8.81. The van der Waals surface area contributed by atoms with Crippen molar-refractivity contribution < 1.29 is 99.2 Å². The van der Waals surface area contributed by atoms with E-state index in [0.717, 1.165) is 131 Å². The molecule has 32 nitrogen and oxygen atoms in total. The highest BCUT2D eigenvalue weighted by molar-refractivity contribution is 7.90. The van der Waals surface area contributed by atoms with Crippen molar-refractivity contribution >= 4 is 177 Å². The average molecular weight is 2150 g/mol. The molecule has 1 saturated heterocycles. The number of alkyl carbamates (subject to hydrolysis) is 1. The summed E-state index contributed by atoms with van der Waals surface area (Å²) in [5.41, 5.74) is 22.7. The summed E-state index contributed by atoms with van der Waals surface area (Å²) in [7, 11) is -15.3. The molecule has 12 rings (SSSR count). The highest BCUT2D eigenvalue weighted by Gasteiger charge is 2.35. The van der Waals surface area contributed by atoms with Crippen LogP contribution in [0.4, 0.5) is 22.4 Å². The summed E-state index contributed by atoms with van der Waals surface area (Å²) in [6, 6.07) is 55.2. The molecule has 2 aromatic heterocycles. The number of carbonyl (C=O) groups is 8. The van der Waals surface area contributed by atoms with E-state index in [1.807, 2.05) is 72.8 Å². The van der Waals surface area contributed by atoms with E-state index >= 15 is 0 Å². The molecule has 7 amide bonds. The van der Waals surface area contributed by atoms with Gasteiger partial charge in [-0.15, -0.1) is 27.7 Å². The minimum Gasteiger partial charge on any atom is -0.444 e. The van der Waals surface area contributed by atoms with Gasteiger partial charge in [-0.05, 0) is 229 Å². The molecule has 0 radical (unpaired) electrons. The van der Waals surface area contributed by atoms with E-state index in [-0.39, 0.29) is 110 Å². The number of hydrogen-bond acceptors (Lipinski definition) is 24. The molecule has 1 fully saturated rings. The lowest BCUT2D eigenvalue weighted by Crippen LogP contribution is -2.42. The molecule has 3 atom stereocenters. The number of hydroxylamine groups is 2. The van der Waals surface area contributed by atoms with Crippen LogP contribution in [0.2, 0.25) is 20.1 Å². The first kappa shape index (κ1) is 117. The molecule has 141 heavy (non-hydrogen) atoms. The number of nitrogens with one attached hydrogen (secondary N) is 9. The molecule has 0 bridgehead atoms. The van der Waals surface area contributed by atoms with Gasteiger partial charge in [0, 0.05) is 68.1 Å². The predicted octanol–water partition coefficient (Wildman–Crippen LogP) is 14.6. The lowest BCUT2D eigenvalue weighted by atomic mass is 10.1. The number of hydrogen-bond donors (Lipinski definition) is 13. The highest BCUT2D eigenvalue weighted by Crippen LogP contribution is 2.31. The number of amides is 7. The first-order valence-corrected chi connectivity index (χ1v) is 53.0. The van der Waals surface area contributed by atoms with E-state index < -0.39 is 117 Å². The summed E-state index contributed by atoms with van der Waals surface area (Å²) in [4.78, 5) is 103. The Kier molecular flexibility index (Phi) is 48.6. The maximum atomic E-state index is 13.2. The number of nitrogens with zero attached hydrogens (tertiary/aromatic N) is 1. The second-order valence-corrected chi connectivity index (χ2v) is 42.4. The minimum atomic E-state index is -3.89. The zero-order chi connectivity index (χ0) is 103. The molecule has 1 aliphatic rings. The second-order valence-electron chi connectivity index (χ2n) is 31.6. The van der Waals surface area contributed by atoms with Crippen LogP contribution in [0.15, 0.2) is 244 Å². The van der Waals surface area contributed by atoms with Gasteiger partial charge in [0.25, 0.3) is 17.7 Å². The Morgan fingerprint density at radius 1 is 0.390 bits per heavy atom. The van der Waals surface area contributed by atoms with E-state index in [9.17, 15) is 89.6 Å². The Morgan fingerprint density at radius 3 is 1.03 bits per heavy atom. The molecule has 0 aliphatic carbocycles. The molecule has 9 aromatic carbocycles. The number of rotatable bonds is 41. The Balaban J connectivity index is 0.000000242. The molecule has 11 aromatic rings. The maximum absolute atomic E-state index is 13.2. The van der Waals surface area contributed by atoms with Crippen molar-refractivity contribution in [1.82, 2.24) is 50.5 Å². The van der Waals surface area contributed by atoms with Crippen molar-refractivity contribution in [1.29, 1.82) is 0 Å². The number of halogens is 8. The second kappa shape index (κ2) is 58.6. The smallest absolute Gasteiger partial charge is 0.408 e. The predicted molar refractivity (Wildman–Crippen MR) is 537 cm³/mol. The Hall–Kier alpha value is -11.0. The van der Waals surface area contributed by atoms with Gasteiger partial charge in [-0.2, -0.15) is 0 Å². The van der Waals surface area contributed by atoms with Crippen LogP contribution in [0, 0.1) is 23.3 Å². The van der Waals surface area contributed by atoms with Crippen molar-refractivity contribution in [3.8, 4) is 0 Å². The third kappa shape index (κ3) is 39.7. The van der Waals surface area contributed by atoms with Crippen molar-refractivity contribution in [2.75, 3.05) is 65.4 Å². The number of carbonyl (C=O) groups excluding carboxylic acids is 8. The van der Waals surface area contributed by atoms with Gasteiger partial charge < -0.3 is 59.1 Å². The van der Waals surface area contributed by atoms with Gasteiger partial charge in [0.1, 0.15) is 71.5 Å². The van der Waals surface area contributed by atoms with Crippen LogP contribution in [0.5, 0.6) is 0 Å². The van der Waals surface area contributed by atoms with Crippen molar-refractivity contribution in [2.24, 2.45) is 22.9 Å². The zero-order valence-electron chi connectivity index (χ0n) is 76.7. The highest BCUT2D eigenvalue weighted by atomic mass is 35.5. The Labute approximate surface area is 844 Å². The lowest BCUT2D eigenvalue weighted by Gasteiger charge is -2.23. The van der Waals surface area contributed by atoms with E-state index in [1.165, 1.54) is 22.7 Å². The average Bonchev–Trinajstić information content (AvgIpc) is 1.65. The van der Waals surface area contributed by atoms with Gasteiger partial charge in [-0.3, -0.25) is 28.8 Å². The van der Waals surface area contributed by atoms with Crippen LogP contribution in [-0.2, 0) is 73.6 Å². The number of thiophene rings is 2. The third-order valence-electron chi connectivity index (χ3n) is 19.5. The molecule has 17 N–H and O–H groups in total. The molecule has 46 heteroatoms. The van der Waals surface area contributed by atoms with E-state index in [4.69, 9.17) is 78.9 Å². The fraction of sp³-hybridized carbons (Fsp3) is 0.305. The Bertz CT molecular complexity index is 6410. The Morgan fingerprint density at radius 2 is 0.688 bits per heavy atom. The van der Waals surface area contributed by atoms with Crippen molar-refractivity contribution in [2.45, 2.75) is 141 Å². The lowest BCUT2D eigenvalue weighted by molar-refractivity contribution is -0.172.